The minimum atomic E-state index is -1.12. The van der Waals surface area contributed by atoms with Crippen LogP contribution in [0.25, 0.3) is 11.4 Å². The normalized spacial score (nSPS) is 12.7. The lowest BCUT2D eigenvalue weighted by Gasteiger charge is -2.19. The van der Waals surface area contributed by atoms with E-state index in [1.807, 2.05) is 31.5 Å². The molecule has 0 aliphatic rings. The number of ether oxygens (including phenoxy) is 1. The first-order valence-electron chi connectivity index (χ1n) is 11.6. The quantitative estimate of drug-likeness (QED) is 0.205. The summed E-state index contributed by atoms with van der Waals surface area (Å²) in [6, 6.07) is 9.22. The molecule has 2 rings (SSSR count). The molecule has 5 nitrogen and oxygen atoms in total. The molecule has 0 aliphatic heterocycles. The molecule has 0 N–H and O–H groups in total. The van der Waals surface area contributed by atoms with E-state index in [0.29, 0.717) is 18.0 Å². The molecule has 166 valence electrons. The highest BCUT2D eigenvalue weighted by molar-refractivity contribution is 5.81. The summed E-state index contributed by atoms with van der Waals surface area (Å²) in [5.41, 5.74) is 0.900. The van der Waals surface area contributed by atoms with Crippen LogP contribution in [0.1, 0.15) is 84.1 Å². The van der Waals surface area contributed by atoms with E-state index in [2.05, 4.69) is 23.0 Å². The van der Waals surface area contributed by atoms with Crippen molar-refractivity contribution in [3.05, 3.63) is 42.2 Å². The number of unbranched alkanes of at least 4 members (excludes halogenated alkanes) is 6. The third kappa shape index (κ3) is 7.79. The summed E-state index contributed by atoms with van der Waals surface area (Å²) in [6.07, 6.45) is 14.7. The molecule has 0 aliphatic carbocycles. The average molecular weight is 422 g/mol. The molecule has 0 saturated carbocycles. The van der Waals surface area contributed by atoms with Crippen LogP contribution in [0.15, 0.2) is 36.7 Å². The van der Waals surface area contributed by atoms with E-state index in [1.165, 1.54) is 38.5 Å². The number of esters is 1. The molecule has 0 saturated heterocycles. The molecule has 0 amide bonds. The molecule has 0 radical (unpaired) electrons. The first-order valence-corrected chi connectivity index (χ1v) is 11.6. The molecular formula is C26H35N3O2. The van der Waals surface area contributed by atoms with Crippen molar-refractivity contribution in [3.63, 3.8) is 0 Å². The second-order valence-electron chi connectivity index (χ2n) is 8.39. The summed E-state index contributed by atoms with van der Waals surface area (Å²) in [7, 11) is 0. The number of rotatable bonds is 13. The highest BCUT2D eigenvalue weighted by Crippen LogP contribution is 2.27. The number of hydrogen-bond acceptors (Lipinski definition) is 5. The number of benzene rings is 1. The van der Waals surface area contributed by atoms with Gasteiger partial charge in [0.15, 0.2) is 11.2 Å². The molecule has 1 heterocycles. The fourth-order valence-corrected chi connectivity index (χ4v) is 3.37. The van der Waals surface area contributed by atoms with Gasteiger partial charge in [-0.3, -0.25) is 0 Å². The van der Waals surface area contributed by atoms with Crippen molar-refractivity contribution in [2.24, 2.45) is 5.41 Å². The zero-order valence-corrected chi connectivity index (χ0v) is 19.2. The second-order valence-corrected chi connectivity index (χ2v) is 8.39. The Bertz CT molecular complexity index is 840. The number of carbonyl (C=O) groups is 1. The predicted molar refractivity (Wildman–Crippen MR) is 123 cm³/mol. The van der Waals surface area contributed by atoms with E-state index in [1.54, 1.807) is 19.1 Å². The van der Waals surface area contributed by atoms with Crippen LogP contribution in [-0.4, -0.2) is 15.9 Å². The molecule has 2 aromatic rings. The zero-order chi connectivity index (χ0) is 22.5. The maximum Gasteiger partial charge on any atom is 0.331 e. The van der Waals surface area contributed by atoms with Gasteiger partial charge >= 0.3 is 5.97 Å². The van der Waals surface area contributed by atoms with Crippen LogP contribution in [0.2, 0.25) is 0 Å². The highest BCUT2D eigenvalue weighted by atomic mass is 16.5. The number of hydrogen-bond donors (Lipinski definition) is 0. The number of aryl methyl sites for hydroxylation is 1. The maximum absolute atomic E-state index is 12.5. The number of nitrogens with zero attached hydrogens (tertiary/aromatic N) is 3. The lowest BCUT2D eigenvalue weighted by molar-refractivity contribution is -0.142. The topological polar surface area (TPSA) is 75.9 Å². The lowest BCUT2D eigenvalue weighted by Crippen LogP contribution is -2.30. The Balaban J connectivity index is 1.90. The Kier molecular flexibility index (Phi) is 10.2. The summed E-state index contributed by atoms with van der Waals surface area (Å²) in [5.74, 6) is 0.562. The standard InChI is InChI=1S/C26H35N3O2/c1-4-6-8-9-10-11-12-21-18-28-24(29-19-21)22-13-15-23(16-14-22)31-25(30)26(3,20-27)17-7-5-2/h13-16,18-19H,4-12,17H2,1-3H3. The maximum atomic E-state index is 12.5. The van der Waals surface area contributed by atoms with Crippen LogP contribution in [0, 0.1) is 16.7 Å². The van der Waals surface area contributed by atoms with Gasteiger partial charge in [0.2, 0.25) is 0 Å². The molecule has 1 aromatic carbocycles. The molecule has 31 heavy (non-hydrogen) atoms. The number of carbonyl (C=O) groups excluding carboxylic acids is 1. The largest absolute Gasteiger partial charge is 0.425 e. The van der Waals surface area contributed by atoms with E-state index in [9.17, 15) is 10.1 Å². The van der Waals surface area contributed by atoms with Gasteiger partial charge in [-0.05, 0) is 56.0 Å². The van der Waals surface area contributed by atoms with Crippen molar-refractivity contribution < 1.29 is 9.53 Å². The first kappa shape index (κ1) is 24.5. The monoisotopic (exact) mass is 421 g/mol. The van der Waals surface area contributed by atoms with E-state index < -0.39 is 11.4 Å². The molecule has 1 unspecified atom stereocenters. The third-order valence-electron chi connectivity index (χ3n) is 5.57. The van der Waals surface area contributed by atoms with Crippen LogP contribution in [0.4, 0.5) is 0 Å². The van der Waals surface area contributed by atoms with E-state index in [4.69, 9.17) is 4.74 Å². The number of nitriles is 1. The average Bonchev–Trinajstić information content (AvgIpc) is 2.80. The van der Waals surface area contributed by atoms with Crippen molar-refractivity contribution in [2.75, 3.05) is 0 Å². The summed E-state index contributed by atoms with van der Waals surface area (Å²) >= 11 is 0. The summed E-state index contributed by atoms with van der Waals surface area (Å²) in [5, 5.41) is 9.41. The molecule has 0 spiro atoms. The van der Waals surface area contributed by atoms with Crippen LogP contribution in [0.5, 0.6) is 5.75 Å². The van der Waals surface area contributed by atoms with Gasteiger partial charge in [0.25, 0.3) is 0 Å². The van der Waals surface area contributed by atoms with Crippen LogP contribution < -0.4 is 4.74 Å². The van der Waals surface area contributed by atoms with Gasteiger partial charge in [0.1, 0.15) is 5.75 Å². The molecule has 0 fully saturated rings. The Morgan fingerprint density at radius 3 is 2.19 bits per heavy atom. The van der Waals surface area contributed by atoms with Gasteiger partial charge in [-0.1, -0.05) is 58.8 Å². The third-order valence-corrected chi connectivity index (χ3v) is 5.57. The highest BCUT2D eigenvalue weighted by Gasteiger charge is 2.34. The van der Waals surface area contributed by atoms with E-state index >= 15 is 0 Å². The smallest absolute Gasteiger partial charge is 0.331 e. The molecule has 1 atom stereocenters. The van der Waals surface area contributed by atoms with Crippen molar-refractivity contribution in [2.45, 2.75) is 85.0 Å². The van der Waals surface area contributed by atoms with Gasteiger partial charge in [-0.25, -0.2) is 14.8 Å². The van der Waals surface area contributed by atoms with Crippen molar-refractivity contribution >= 4 is 5.97 Å². The Labute approximate surface area is 186 Å². The Hall–Kier alpha value is -2.74. The van der Waals surface area contributed by atoms with Gasteiger partial charge < -0.3 is 4.74 Å². The number of aromatic nitrogens is 2. The minimum absolute atomic E-state index is 0.423. The molecular weight excluding hydrogens is 386 g/mol. The second kappa shape index (κ2) is 12.8. The molecule has 5 heteroatoms. The van der Waals surface area contributed by atoms with Gasteiger partial charge in [0.05, 0.1) is 6.07 Å². The Morgan fingerprint density at radius 2 is 1.58 bits per heavy atom. The van der Waals surface area contributed by atoms with Gasteiger partial charge in [-0.2, -0.15) is 5.26 Å². The summed E-state index contributed by atoms with van der Waals surface area (Å²) in [6.45, 7) is 5.91. The lowest BCUT2D eigenvalue weighted by atomic mass is 9.87. The van der Waals surface area contributed by atoms with Gasteiger partial charge in [0, 0.05) is 18.0 Å². The van der Waals surface area contributed by atoms with Crippen LogP contribution in [-0.2, 0) is 11.2 Å². The SMILES string of the molecule is CCCCCCCCc1cnc(-c2ccc(OC(=O)C(C)(C#N)CCCC)cc2)nc1. The van der Waals surface area contributed by atoms with Crippen LogP contribution in [0.3, 0.4) is 0 Å². The fourth-order valence-electron chi connectivity index (χ4n) is 3.37. The first-order chi connectivity index (χ1) is 15.0. The summed E-state index contributed by atoms with van der Waals surface area (Å²) < 4.78 is 5.45. The van der Waals surface area contributed by atoms with E-state index in [0.717, 1.165) is 30.4 Å². The zero-order valence-electron chi connectivity index (χ0n) is 19.2. The van der Waals surface area contributed by atoms with E-state index in [-0.39, 0.29) is 0 Å². The van der Waals surface area contributed by atoms with Gasteiger partial charge in [-0.15, -0.1) is 0 Å². The Morgan fingerprint density at radius 1 is 0.968 bits per heavy atom. The molecule has 0 bridgehead atoms. The molecule has 1 aromatic heterocycles. The minimum Gasteiger partial charge on any atom is -0.425 e. The fraction of sp³-hybridized carbons (Fsp3) is 0.538. The van der Waals surface area contributed by atoms with Crippen molar-refractivity contribution in [1.29, 1.82) is 5.26 Å². The predicted octanol–water partition coefficient (Wildman–Crippen LogP) is 6.67. The summed E-state index contributed by atoms with van der Waals surface area (Å²) in [4.78, 5) is 21.4. The van der Waals surface area contributed by atoms with Crippen molar-refractivity contribution in [1.82, 2.24) is 9.97 Å². The van der Waals surface area contributed by atoms with Crippen LogP contribution >= 0.6 is 0 Å². The van der Waals surface area contributed by atoms with Crippen molar-refractivity contribution in [3.8, 4) is 23.2 Å².